The van der Waals surface area contributed by atoms with Gasteiger partial charge in [-0.3, -0.25) is 0 Å². The van der Waals surface area contributed by atoms with Crippen LogP contribution in [-0.4, -0.2) is 9.38 Å². The van der Waals surface area contributed by atoms with Crippen molar-refractivity contribution in [2.75, 3.05) is 0 Å². The van der Waals surface area contributed by atoms with Crippen LogP contribution >= 0.6 is 0 Å². The molecular formula is C60H42N2. The Morgan fingerprint density at radius 3 is 1.48 bits per heavy atom. The van der Waals surface area contributed by atoms with Gasteiger partial charge in [0.15, 0.2) is 0 Å². The molecule has 292 valence electrons. The average Bonchev–Trinajstić information content (AvgIpc) is 3.87. The molecule has 2 heteroatoms. The number of pyridine rings is 1. The van der Waals surface area contributed by atoms with Gasteiger partial charge in [0.05, 0.1) is 5.69 Å². The topological polar surface area (TPSA) is 17.3 Å². The van der Waals surface area contributed by atoms with Crippen LogP contribution in [0.3, 0.4) is 0 Å². The third-order valence-electron chi connectivity index (χ3n) is 13.3. The molecule has 0 amide bonds. The summed E-state index contributed by atoms with van der Waals surface area (Å²) < 4.78 is 2.08. The third-order valence-corrected chi connectivity index (χ3v) is 13.3. The Morgan fingerprint density at radius 2 is 0.839 bits per heavy atom. The largest absolute Gasteiger partial charge is 0.306 e. The summed E-state index contributed by atoms with van der Waals surface area (Å²) in [6.45, 7) is 4.77. The minimum absolute atomic E-state index is 0.147. The lowest BCUT2D eigenvalue weighted by Gasteiger charge is -2.24. The van der Waals surface area contributed by atoms with Crippen molar-refractivity contribution in [3.63, 3.8) is 0 Å². The first-order valence-electron chi connectivity index (χ1n) is 21.5. The second-order valence-electron chi connectivity index (χ2n) is 17.2. The van der Waals surface area contributed by atoms with Gasteiger partial charge in [0.25, 0.3) is 0 Å². The fraction of sp³-hybridized carbons (Fsp3) is 0.0500. The number of hydrogen-bond acceptors (Lipinski definition) is 1. The first-order valence-corrected chi connectivity index (χ1v) is 21.5. The molecule has 0 bridgehead atoms. The van der Waals surface area contributed by atoms with Crippen molar-refractivity contribution in [3.05, 3.63) is 230 Å². The Hall–Kier alpha value is -7.81. The highest BCUT2D eigenvalue weighted by Crippen LogP contribution is 2.53. The van der Waals surface area contributed by atoms with Crippen LogP contribution in [0.25, 0.3) is 105 Å². The Bertz CT molecular complexity index is 3450. The van der Waals surface area contributed by atoms with Gasteiger partial charge in [-0.15, -0.1) is 0 Å². The maximum Gasteiger partial charge on any atom is 0.137 e. The fourth-order valence-electron chi connectivity index (χ4n) is 10.0. The van der Waals surface area contributed by atoms with E-state index in [1.807, 2.05) is 24.4 Å². The van der Waals surface area contributed by atoms with Crippen LogP contribution < -0.4 is 0 Å². The van der Waals surface area contributed by atoms with Gasteiger partial charge >= 0.3 is 0 Å². The maximum absolute atomic E-state index is 4.90. The van der Waals surface area contributed by atoms with E-state index >= 15 is 0 Å². The van der Waals surface area contributed by atoms with E-state index < -0.39 is 0 Å². The number of fused-ring (bicyclic) bond motifs is 6. The van der Waals surface area contributed by atoms with Gasteiger partial charge < -0.3 is 4.40 Å². The zero-order chi connectivity index (χ0) is 41.4. The number of hydrogen-bond donors (Lipinski definition) is 0. The van der Waals surface area contributed by atoms with Gasteiger partial charge in [0, 0.05) is 23.4 Å². The quantitative estimate of drug-likeness (QED) is 0.153. The number of rotatable bonds is 6. The summed E-state index contributed by atoms with van der Waals surface area (Å²) in [5.41, 5.74) is 20.4. The van der Waals surface area contributed by atoms with Crippen LogP contribution in [0.15, 0.2) is 219 Å². The minimum atomic E-state index is -0.147. The van der Waals surface area contributed by atoms with Crippen LogP contribution in [0.5, 0.6) is 0 Å². The molecule has 0 saturated carbocycles. The first kappa shape index (κ1) is 36.1. The maximum atomic E-state index is 4.90. The molecule has 0 spiro atoms. The molecule has 9 aromatic carbocycles. The van der Waals surface area contributed by atoms with Crippen molar-refractivity contribution in [1.82, 2.24) is 9.38 Å². The van der Waals surface area contributed by atoms with Gasteiger partial charge in [0.2, 0.25) is 0 Å². The zero-order valence-electron chi connectivity index (χ0n) is 34.7. The standard InChI is InChI=1S/C60H42N2/c1-60(2)54-18-10-9-17-48(54)50-36-52-53(37-55(50)60)59(46-30-24-42(25-31-46)40-15-7-4-8-16-40)51-35-47(43-20-26-44(27-21-43)56-38-62-34-12-11-19-57(62)61-56)32-33-49(51)58(52)45-28-22-41(23-29-45)39-13-5-3-6-14-39/h3-38H,1-2H3. The second-order valence-corrected chi connectivity index (χ2v) is 17.2. The SMILES string of the molecule is CC1(C)c2ccccc2-c2cc3c(-c4ccc(-c5ccccc5)cc4)c4ccc(-c5ccc(-c6cn7ccccc7n6)cc5)cc4c(-c4ccc(-c5ccccc5)cc4)c3cc21. The third kappa shape index (κ3) is 5.83. The Kier molecular flexibility index (Phi) is 8.23. The average molecular weight is 791 g/mol. The van der Waals surface area contributed by atoms with E-state index in [1.165, 1.54) is 99.4 Å². The van der Waals surface area contributed by atoms with E-state index in [1.54, 1.807) is 0 Å². The molecule has 0 atom stereocenters. The first-order chi connectivity index (χ1) is 30.5. The van der Waals surface area contributed by atoms with Crippen molar-refractivity contribution in [2.24, 2.45) is 0 Å². The van der Waals surface area contributed by atoms with Crippen LogP contribution in [-0.2, 0) is 5.41 Å². The Balaban J connectivity index is 1.11. The number of nitrogens with zero attached hydrogens (tertiary/aromatic N) is 2. The van der Waals surface area contributed by atoms with Crippen molar-refractivity contribution in [1.29, 1.82) is 0 Å². The highest BCUT2D eigenvalue weighted by atomic mass is 15.0. The van der Waals surface area contributed by atoms with Gasteiger partial charge in [-0.2, -0.15) is 0 Å². The monoisotopic (exact) mass is 790 g/mol. The Morgan fingerprint density at radius 1 is 0.355 bits per heavy atom. The van der Waals surface area contributed by atoms with Gasteiger partial charge in [0.1, 0.15) is 5.65 Å². The summed E-state index contributed by atoms with van der Waals surface area (Å²) in [7, 11) is 0. The van der Waals surface area contributed by atoms with Crippen LogP contribution in [0.2, 0.25) is 0 Å². The molecule has 0 fully saturated rings. The van der Waals surface area contributed by atoms with E-state index in [0.717, 1.165) is 16.9 Å². The highest BCUT2D eigenvalue weighted by Gasteiger charge is 2.36. The van der Waals surface area contributed by atoms with Gasteiger partial charge in [-0.05, 0) is 130 Å². The number of aromatic nitrogens is 2. The molecule has 1 aliphatic rings. The molecule has 1 aliphatic carbocycles. The molecule has 2 heterocycles. The molecule has 0 radical (unpaired) electrons. The van der Waals surface area contributed by atoms with E-state index in [0.29, 0.717) is 0 Å². The molecule has 0 unspecified atom stereocenters. The van der Waals surface area contributed by atoms with Gasteiger partial charge in [-0.25, -0.2) is 4.98 Å². The number of benzene rings is 9. The molecule has 2 nitrogen and oxygen atoms in total. The molecule has 0 N–H and O–H groups in total. The second kappa shape index (κ2) is 14.1. The van der Waals surface area contributed by atoms with E-state index in [-0.39, 0.29) is 5.41 Å². The summed E-state index contributed by atoms with van der Waals surface area (Å²) in [6.07, 6.45) is 4.15. The van der Waals surface area contributed by atoms with Crippen molar-refractivity contribution >= 4 is 27.2 Å². The van der Waals surface area contributed by atoms with Crippen LogP contribution in [0, 0.1) is 0 Å². The lowest BCUT2D eigenvalue weighted by Crippen LogP contribution is -2.14. The predicted molar refractivity (Wildman–Crippen MR) is 260 cm³/mol. The summed E-state index contributed by atoms with van der Waals surface area (Å²) in [5.74, 6) is 0. The van der Waals surface area contributed by atoms with Crippen molar-refractivity contribution in [3.8, 4) is 78.0 Å². The highest BCUT2D eigenvalue weighted by molar-refractivity contribution is 6.23. The van der Waals surface area contributed by atoms with Crippen LogP contribution in [0.4, 0.5) is 0 Å². The predicted octanol–water partition coefficient (Wildman–Crippen LogP) is 15.9. The normalized spacial score (nSPS) is 12.8. The number of imidazole rings is 1. The fourth-order valence-corrected chi connectivity index (χ4v) is 10.0. The Labute approximate surface area is 362 Å². The minimum Gasteiger partial charge on any atom is -0.306 e. The molecule has 0 saturated heterocycles. The summed E-state index contributed by atoms with van der Waals surface area (Å²) in [5, 5.41) is 5.01. The lowest BCUT2D eigenvalue weighted by molar-refractivity contribution is 0.661. The van der Waals surface area contributed by atoms with E-state index in [9.17, 15) is 0 Å². The summed E-state index contributed by atoms with van der Waals surface area (Å²) >= 11 is 0. The molecule has 0 aliphatic heterocycles. The molecule has 2 aromatic heterocycles. The molecular weight excluding hydrogens is 749 g/mol. The van der Waals surface area contributed by atoms with E-state index in [2.05, 4.69) is 213 Å². The van der Waals surface area contributed by atoms with Gasteiger partial charge in [-0.1, -0.05) is 190 Å². The summed E-state index contributed by atoms with van der Waals surface area (Å²) in [6, 6.07) is 75.9. The van der Waals surface area contributed by atoms with Crippen molar-refractivity contribution in [2.45, 2.75) is 19.3 Å². The zero-order valence-corrected chi connectivity index (χ0v) is 34.7. The smallest absolute Gasteiger partial charge is 0.137 e. The van der Waals surface area contributed by atoms with Crippen molar-refractivity contribution < 1.29 is 0 Å². The van der Waals surface area contributed by atoms with E-state index in [4.69, 9.17) is 4.98 Å². The van der Waals surface area contributed by atoms with Crippen LogP contribution in [0.1, 0.15) is 25.0 Å². The molecule has 12 rings (SSSR count). The molecule has 62 heavy (non-hydrogen) atoms. The molecule has 11 aromatic rings. The lowest BCUT2D eigenvalue weighted by atomic mass is 9.79. The summed E-state index contributed by atoms with van der Waals surface area (Å²) in [4.78, 5) is 4.90.